The van der Waals surface area contributed by atoms with Crippen LogP contribution >= 0.6 is 15.9 Å². The van der Waals surface area contributed by atoms with E-state index in [4.69, 9.17) is 0 Å². The van der Waals surface area contributed by atoms with E-state index in [9.17, 15) is 26.4 Å². The Morgan fingerprint density at radius 3 is 2.34 bits per heavy atom. The summed E-state index contributed by atoms with van der Waals surface area (Å²) in [6.45, 7) is 3.30. The van der Waals surface area contributed by atoms with E-state index in [0.717, 1.165) is 25.6 Å². The number of nitrogens with zero attached hydrogens (tertiary/aromatic N) is 3. The SMILES string of the molecule is CCN(CC)S(=O)(=O)c1ccc(=O)n(CC(=O)N2C(c3ccc(Br)cc3)CCS2(=O)=O)c1. The number of pyridine rings is 1. The van der Waals surface area contributed by atoms with Crippen molar-refractivity contribution in [1.29, 1.82) is 0 Å². The second-order valence-electron chi connectivity index (χ2n) is 7.28. The summed E-state index contributed by atoms with van der Waals surface area (Å²) < 4.78 is 54.6. The van der Waals surface area contributed by atoms with E-state index in [2.05, 4.69) is 15.9 Å². The van der Waals surface area contributed by atoms with E-state index >= 15 is 0 Å². The molecule has 1 aromatic heterocycles. The van der Waals surface area contributed by atoms with Crippen LogP contribution in [0.2, 0.25) is 0 Å². The molecule has 0 N–H and O–H groups in total. The molecule has 0 saturated carbocycles. The van der Waals surface area contributed by atoms with Crippen LogP contribution in [-0.4, -0.2) is 54.8 Å². The summed E-state index contributed by atoms with van der Waals surface area (Å²) in [6, 6.07) is 8.56. The van der Waals surface area contributed by atoms with Crippen LogP contribution in [-0.2, 0) is 31.4 Å². The van der Waals surface area contributed by atoms with Crippen molar-refractivity contribution in [2.45, 2.75) is 37.8 Å². The molecule has 32 heavy (non-hydrogen) atoms. The quantitative estimate of drug-likeness (QED) is 0.525. The van der Waals surface area contributed by atoms with Gasteiger partial charge in [0.1, 0.15) is 6.54 Å². The molecule has 1 atom stereocenters. The molecule has 0 radical (unpaired) electrons. The zero-order valence-corrected chi connectivity index (χ0v) is 20.9. The van der Waals surface area contributed by atoms with Crippen molar-refractivity contribution >= 4 is 41.9 Å². The van der Waals surface area contributed by atoms with E-state index in [-0.39, 0.29) is 30.2 Å². The molecule has 3 rings (SSSR count). The van der Waals surface area contributed by atoms with Gasteiger partial charge in [-0.05, 0) is 30.2 Å². The summed E-state index contributed by atoms with van der Waals surface area (Å²) in [7, 11) is -7.71. The Hall–Kier alpha value is -2.02. The maximum absolute atomic E-state index is 13.1. The number of carbonyl (C=O) groups excluding carboxylic acids is 1. The average molecular weight is 546 g/mol. The van der Waals surface area contributed by atoms with Crippen LogP contribution in [0.25, 0.3) is 0 Å². The summed E-state index contributed by atoms with van der Waals surface area (Å²) in [6.07, 6.45) is 1.33. The largest absolute Gasteiger partial charge is 0.305 e. The van der Waals surface area contributed by atoms with E-state index in [0.29, 0.717) is 5.56 Å². The summed E-state index contributed by atoms with van der Waals surface area (Å²) in [4.78, 5) is 25.3. The van der Waals surface area contributed by atoms with Gasteiger partial charge >= 0.3 is 0 Å². The van der Waals surface area contributed by atoms with Crippen molar-refractivity contribution in [3.8, 4) is 0 Å². The van der Waals surface area contributed by atoms with Crippen LogP contribution in [0.15, 0.2) is 56.8 Å². The molecule has 1 amide bonds. The minimum Gasteiger partial charge on any atom is -0.305 e. The van der Waals surface area contributed by atoms with E-state index < -0.39 is 44.1 Å². The topological polar surface area (TPSA) is 114 Å². The highest BCUT2D eigenvalue weighted by molar-refractivity contribution is 9.10. The number of rotatable bonds is 7. The van der Waals surface area contributed by atoms with Crippen LogP contribution in [0, 0.1) is 0 Å². The van der Waals surface area contributed by atoms with Crippen molar-refractivity contribution < 1.29 is 21.6 Å². The van der Waals surface area contributed by atoms with Crippen molar-refractivity contribution in [3.05, 3.63) is 63.0 Å². The lowest BCUT2D eigenvalue weighted by Gasteiger charge is -2.24. The normalized spacial score (nSPS) is 18.2. The number of aromatic nitrogens is 1. The van der Waals surface area contributed by atoms with E-state index in [1.807, 2.05) is 0 Å². The van der Waals surface area contributed by atoms with Gasteiger partial charge in [0.05, 0.1) is 16.7 Å². The fourth-order valence-electron chi connectivity index (χ4n) is 3.70. The smallest absolute Gasteiger partial charge is 0.256 e. The molecule has 9 nitrogen and oxygen atoms in total. The van der Waals surface area contributed by atoms with Crippen molar-refractivity contribution in [2.75, 3.05) is 18.8 Å². The predicted molar refractivity (Wildman–Crippen MR) is 123 cm³/mol. The molecular weight excluding hydrogens is 522 g/mol. The van der Waals surface area contributed by atoms with Gasteiger partial charge < -0.3 is 4.57 Å². The van der Waals surface area contributed by atoms with Crippen LogP contribution in [0.3, 0.4) is 0 Å². The third-order valence-corrected chi connectivity index (χ3v) is 9.71. The third-order valence-electron chi connectivity index (χ3n) is 5.34. The second-order valence-corrected chi connectivity index (χ2v) is 12.1. The Bertz CT molecular complexity index is 1270. The zero-order chi connectivity index (χ0) is 23.7. The first-order chi connectivity index (χ1) is 15.0. The minimum atomic E-state index is -3.86. The number of amides is 1. The lowest BCUT2D eigenvalue weighted by molar-refractivity contribution is -0.128. The maximum Gasteiger partial charge on any atom is 0.256 e. The molecule has 174 valence electrons. The lowest BCUT2D eigenvalue weighted by atomic mass is 10.0. The van der Waals surface area contributed by atoms with Crippen molar-refractivity contribution in [1.82, 2.24) is 13.2 Å². The first-order valence-corrected chi connectivity index (χ1v) is 13.9. The van der Waals surface area contributed by atoms with Gasteiger partial charge in [0.15, 0.2) is 0 Å². The Morgan fingerprint density at radius 1 is 1.12 bits per heavy atom. The van der Waals surface area contributed by atoms with Crippen LogP contribution in [0.1, 0.15) is 31.9 Å². The van der Waals surface area contributed by atoms with Gasteiger partial charge in [0, 0.05) is 29.8 Å². The molecule has 0 spiro atoms. The molecule has 0 aliphatic carbocycles. The fraction of sp³-hybridized carbons (Fsp3) is 0.400. The Balaban J connectivity index is 1.95. The summed E-state index contributed by atoms with van der Waals surface area (Å²) in [5.74, 6) is -0.986. The molecule has 12 heteroatoms. The van der Waals surface area contributed by atoms with Gasteiger partial charge in [-0.15, -0.1) is 0 Å². The molecular formula is C20H24BrN3O6S2. The molecule has 1 aliphatic rings. The zero-order valence-electron chi connectivity index (χ0n) is 17.6. The summed E-state index contributed by atoms with van der Waals surface area (Å²) in [5, 5.41) is 0. The Morgan fingerprint density at radius 2 is 1.75 bits per heavy atom. The van der Waals surface area contributed by atoms with Gasteiger partial charge in [-0.3, -0.25) is 9.59 Å². The van der Waals surface area contributed by atoms with Crippen LogP contribution in [0.5, 0.6) is 0 Å². The lowest BCUT2D eigenvalue weighted by Crippen LogP contribution is -2.39. The number of halogens is 1. The maximum atomic E-state index is 13.1. The first-order valence-electron chi connectivity index (χ1n) is 10.0. The molecule has 1 aliphatic heterocycles. The molecule has 1 saturated heterocycles. The Kier molecular flexibility index (Phi) is 7.28. The number of carbonyl (C=O) groups is 1. The first kappa shape index (κ1) is 24.6. The number of hydrogen-bond donors (Lipinski definition) is 0. The molecule has 1 aromatic carbocycles. The third kappa shape index (κ3) is 4.82. The predicted octanol–water partition coefficient (Wildman–Crippen LogP) is 1.94. The highest BCUT2D eigenvalue weighted by Gasteiger charge is 2.41. The summed E-state index contributed by atoms with van der Waals surface area (Å²) >= 11 is 3.33. The molecule has 2 aromatic rings. The average Bonchev–Trinajstić information content (AvgIpc) is 3.05. The molecule has 2 heterocycles. The number of hydrogen-bond acceptors (Lipinski definition) is 6. The van der Waals surface area contributed by atoms with Crippen molar-refractivity contribution in [2.24, 2.45) is 0 Å². The fourth-order valence-corrected chi connectivity index (χ4v) is 7.14. The van der Waals surface area contributed by atoms with E-state index in [1.165, 1.54) is 10.4 Å². The molecule has 1 unspecified atom stereocenters. The van der Waals surface area contributed by atoms with Crippen LogP contribution < -0.4 is 5.56 Å². The Labute approximate surface area is 195 Å². The monoisotopic (exact) mass is 545 g/mol. The minimum absolute atomic E-state index is 0.137. The highest BCUT2D eigenvalue weighted by atomic mass is 79.9. The standard InChI is InChI=1S/C20H24BrN3O6S2/c1-3-23(4-2)32(29,30)17-9-10-19(25)22(13-17)14-20(26)24-18(11-12-31(24,27)28)15-5-7-16(21)8-6-15/h5-10,13,18H,3-4,11-12,14H2,1-2H3. The van der Waals surface area contributed by atoms with Gasteiger partial charge in [-0.25, -0.2) is 21.1 Å². The van der Waals surface area contributed by atoms with Crippen molar-refractivity contribution in [3.63, 3.8) is 0 Å². The van der Waals surface area contributed by atoms with Gasteiger partial charge in [-0.1, -0.05) is 41.9 Å². The van der Waals surface area contributed by atoms with Crippen LogP contribution in [0.4, 0.5) is 0 Å². The number of benzene rings is 1. The summed E-state index contributed by atoms with van der Waals surface area (Å²) in [5.41, 5.74) is 0.0569. The molecule has 1 fully saturated rings. The highest BCUT2D eigenvalue weighted by Crippen LogP contribution is 2.35. The van der Waals surface area contributed by atoms with Gasteiger partial charge in [-0.2, -0.15) is 4.31 Å². The van der Waals surface area contributed by atoms with E-state index in [1.54, 1.807) is 38.1 Å². The van der Waals surface area contributed by atoms with Gasteiger partial charge in [0.2, 0.25) is 20.0 Å². The second kappa shape index (κ2) is 9.46. The molecule has 0 bridgehead atoms. The number of sulfonamides is 2. The van der Waals surface area contributed by atoms with Gasteiger partial charge in [0.25, 0.3) is 11.5 Å².